The van der Waals surface area contributed by atoms with Gasteiger partial charge in [0.2, 0.25) is 5.91 Å². The standard InChI is InChI=1S/C15H18F2N2O/c16-12-6-4-5-11(14(12)17)10-19-15(9-13(20)18-19)7-2-1-3-8-15/h4-6H,1-3,7-10H2,(H,18,20). The summed E-state index contributed by atoms with van der Waals surface area (Å²) in [5, 5.41) is 1.83. The molecule has 1 heterocycles. The van der Waals surface area contributed by atoms with Gasteiger partial charge >= 0.3 is 0 Å². The van der Waals surface area contributed by atoms with Crippen LogP contribution in [0.25, 0.3) is 0 Å². The van der Waals surface area contributed by atoms with Crippen molar-refractivity contribution in [2.24, 2.45) is 0 Å². The average Bonchev–Trinajstić information content (AvgIpc) is 2.71. The molecule has 1 aliphatic heterocycles. The third-order valence-electron chi connectivity index (χ3n) is 4.47. The Balaban J connectivity index is 1.84. The van der Waals surface area contributed by atoms with Crippen molar-refractivity contribution in [3.05, 3.63) is 35.4 Å². The molecule has 1 spiro atoms. The lowest BCUT2D eigenvalue weighted by molar-refractivity contribution is -0.121. The van der Waals surface area contributed by atoms with Crippen LogP contribution in [0.5, 0.6) is 0 Å². The van der Waals surface area contributed by atoms with E-state index in [1.807, 2.05) is 5.01 Å². The number of hydrogen-bond donors (Lipinski definition) is 1. The van der Waals surface area contributed by atoms with E-state index in [9.17, 15) is 13.6 Å². The predicted molar refractivity (Wildman–Crippen MR) is 70.5 cm³/mol. The Bertz CT molecular complexity index is 527. The van der Waals surface area contributed by atoms with E-state index in [1.165, 1.54) is 12.5 Å². The van der Waals surface area contributed by atoms with E-state index in [4.69, 9.17) is 0 Å². The summed E-state index contributed by atoms with van der Waals surface area (Å²) in [5.74, 6) is -1.69. The molecule has 20 heavy (non-hydrogen) atoms. The first-order chi connectivity index (χ1) is 9.61. The largest absolute Gasteiger partial charge is 0.288 e. The maximum absolute atomic E-state index is 13.8. The average molecular weight is 280 g/mol. The van der Waals surface area contributed by atoms with E-state index in [0.29, 0.717) is 6.42 Å². The number of benzene rings is 1. The Hall–Kier alpha value is -1.49. The van der Waals surface area contributed by atoms with Crippen molar-refractivity contribution >= 4 is 5.91 Å². The number of hydrogen-bond acceptors (Lipinski definition) is 2. The second-order valence-electron chi connectivity index (χ2n) is 5.80. The number of rotatable bonds is 2. The van der Waals surface area contributed by atoms with Crippen LogP contribution in [-0.2, 0) is 11.3 Å². The number of nitrogens with one attached hydrogen (secondary N) is 1. The first kappa shape index (κ1) is 13.5. The molecule has 0 aromatic heterocycles. The van der Waals surface area contributed by atoms with Gasteiger partial charge in [0.25, 0.3) is 0 Å². The minimum Gasteiger partial charge on any atom is -0.288 e. The Labute approximate surface area is 116 Å². The monoisotopic (exact) mass is 280 g/mol. The highest BCUT2D eigenvalue weighted by Crippen LogP contribution is 2.39. The molecule has 0 atom stereocenters. The van der Waals surface area contributed by atoms with Crippen LogP contribution in [0.2, 0.25) is 0 Å². The quantitative estimate of drug-likeness (QED) is 0.903. The van der Waals surface area contributed by atoms with Crippen LogP contribution < -0.4 is 5.43 Å². The van der Waals surface area contributed by atoms with Gasteiger partial charge in [0.1, 0.15) is 0 Å². The number of carbonyl (C=O) groups is 1. The van der Waals surface area contributed by atoms with Gasteiger partial charge in [-0.05, 0) is 18.9 Å². The summed E-state index contributed by atoms with van der Waals surface area (Å²) < 4.78 is 27.1. The van der Waals surface area contributed by atoms with Crippen molar-refractivity contribution in [3.8, 4) is 0 Å². The molecule has 0 unspecified atom stereocenters. The van der Waals surface area contributed by atoms with Crippen molar-refractivity contribution < 1.29 is 13.6 Å². The summed E-state index contributed by atoms with van der Waals surface area (Å²) in [6.07, 6.45) is 5.67. The van der Waals surface area contributed by atoms with E-state index in [0.717, 1.165) is 31.7 Å². The topological polar surface area (TPSA) is 32.3 Å². The van der Waals surface area contributed by atoms with E-state index >= 15 is 0 Å². The Morgan fingerprint density at radius 1 is 1.20 bits per heavy atom. The van der Waals surface area contributed by atoms with Gasteiger partial charge in [-0.15, -0.1) is 0 Å². The first-order valence-electron chi connectivity index (χ1n) is 7.11. The summed E-state index contributed by atoms with van der Waals surface area (Å²) >= 11 is 0. The predicted octanol–water partition coefficient (Wildman–Crippen LogP) is 2.90. The van der Waals surface area contributed by atoms with E-state index in [-0.39, 0.29) is 23.6 Å². The molecule has 5 heteroatoms. The maximum atomic E-state index is 13.8. The normalized spacial score (nSPS) is 22.2. The molecular weight excluding hydrogens is 262 g/mol. The molecule has 0 bridgehead atoms. The minimum absolute atomic E-state index is 0.0243. The van der Waals surface area contributed by atoms with Gasteiger partial charge in [-0.3, -0.25) is 10.2 Å². The zero-order valence-corrected chi connectivity index (χ0v) is 11.3. The summed E-state index contributed by atoms with van der Waals surface area (Å²) in [7, 11) is 0. The van der Waals surface area contributed by atoms with Crippen molar-refractivity contribution in [1.82, 2.24) is 10.4 Å². The van der Waals surface area contributed by atoms with Gasteiger partial charge in [0.05, 0.1) is 0 Å². The third-order valence-corrected chi connectivity index (χ3v) is 4.47. The van der Waals surface area contributed by atoms with Crippen molar-refractivity contribution in [2.45, 2.75) is 50.6 Å². The zero-order valence-electron chi connectivity index (χ0n) is 11.3. The third kappa shape index (κ3) is 2.30. The van der Waals surface area contributed by atoms with Gasteiger partial charge in [0.15, 0.2) is 11.6 Å². The molecule has 108 valence electrons. The van der Waals surface area contributed by atoms with Gasteiger partial charge in [0, 0.05) is 24.1 Å². The summed E-state index contributed by atoms with van der Waals surface area (Å²) in [6, 6.07) is 4.18. The molecule has 3 nitrogen and oxygen atoms in total. The number of nitrogens with zero attached hydrogens (tertiary/aromatic N) is 1. The maximum Gasteiger partial charge on any atom is 0.236 e. The molecule has 1 aromatic rings. The van der Waals surface area contributed by atoms with Crippen LogP contribution in [0.4, 0.5) is 8.78 Å². The van der Waals surface area contributed by atoms with Crippen LogP contribution in [-0.4, -0.2) is 16.5 Å². The molecule has 2 aliphatic rings. The second-order valence-corrected chi connectivity index (χ2v) is 5.80. The fourth-order valence-electron chi connectivity index (χ4n) is 3.41. The summed E-state index contributed by atoms with van der Waals surface area (Å²) in [5.41, 5.74) is 2.89. The highest BCUT2D eigenvalue weighted by atomic mass is 19.2. The Kier molecular flexibility index (Phi) is 3.46. The van der Waals surface area contributed by atoms with Crippen molar-refractivity contribution in [3.63, 3.8) is 0 Å². The number of halogens is 2. The van der Waals surface area contributed by atoms with Gasteiger partial charge in [-0.2, -0.15) is 0 Å². The lowest BCUT2D eigenvalue weighted by Crippen LogP contribution is -2.49. The molecule has 3 rings (SSSR count). The fraction of sp³-hybridized carbons (Fsp3) is 0.533. The first-order valence-corrected chi connectivity index (χ1v) is 7.11. The molecule has 1 aliphatic carbocycles. The van der Waals surface area contributed by atoms with Crippen LogP contribution in [0.1, 0.15) is 44.1 Å². The van der Waals surface area contributed by atoms with Crippen molar-refractivity contribution in [1.29, 1.82) is 0 Å². The molecule has 2 fully saturated rings. The lowest BCUT2D eigenvalue weighted by atomic mass is 9.79. The van der Waals surface area contributed by atoms with Crippen LogP contribution >= 0.6 is 0 Å². The highest BCUT2D eigenvalue weighted by molar-refractivity contribution is 5.79. The van der Waals surface area contributed by atoms with E-state index in [1.54, 1.807) is 6.07 Å². The molecule has 1 amide bonds. The number of hydrazine groups is 1. The number of amides is 1. The van der Waals surface area contributed by atoms with Crippen LogP contribution in [0.15, 0.2) is 18.2 Å². The van der Waals surface area contributed by atoms with E-state index < -0.39 is 11.6 Å². The molecule has 1 saturated heterocycles. The van der Waals surface area contributed by atoms with Crippen LogP contribution in [0, 0.1) is 11.6 Å². The zero-order chi connectivity index (χ0) is 14.2. The SMILES string of the molecule is O=C1CC2(CCCCC2)N(Cc2cccc(F)c2F)N1. The number of carbonyl (C=O) groups excluding carboxylic acids is 1. The molecule has 0 radical (unpaired) electrons. The Morgan fingerprint density at radius 3 is 2.70 bits per heavy atom. The molecular formula is C15H18F2N2O. The second kappa shape index (κ2) is 5.13. The molecule has 1 aromatic carbocycles. The van der Waals surface area contributed by atoms with E-state index in [2.05, 4.69) is 5.43 Å². The molecule has 1 N–H and O–H groups in total. The minimum atomic E-state index is -0.842. The highest BCUT2D eigenvalue weighted by Gasteiger charge is 2.45. The van der Waals surface area contributed by atoms with Crippen LogP contribution in [0.3, 0.4) is 0 Å². The molecule has 1 saturated carbocycles. The summed E-state index contributed by atoms with van der Waals surface area (Å²) in [6.45, 7) is 0.218. The van der Waals surface area contributed by atoms with Gasteiger partial charge < -0.3 is 0 Å². The summed E-state index contributed by atoms with van der Waals surface area (Å²) in [4.78, 5) is 11.7. The van der Waals surface area contributed by atoms with Gasteiger partial charge in [-0.1, -0.05) is 31.4 Å². The van der Waals surface area contributed by atoms with Gasteiger partial charge in [-0.25, -0.2) is 13.8 Å². The lowest BCUT2D eigenvalue weighted by Gasteiger charge is -2.39. The fourth-order valence-corrected chi connectivity index (χ4v) is 3.41. The Morgan fingerprint density at radius 2 is 1.95 bits per heavy atom. The van der Waals surface area contributed by atoms with Crippen molar-refractivity contribution in [2.75, 3.05) is 0 Å². The smallest absolute Gasteiger partial charge is 0.236 e.